The molecule has 0 bridgehead atoms. The van der Waals surface area contributed by atoms with Crippen molar-refractivity contribution in [2.45, 2.75) is 4.90 Å². The Bertz CT molecular complexity index is 992. The molecule has 144 valence electrons. The second-order valence-corrected chi connectivity index (χ2v) is 9.05. The lowest BCUT2D eigenvalue weighted by atomic mass is 10.2. The number of piperazine rings is 1. The molecule has 1 saturated heterocycles. The third-order valence-corrected chi connectivity index (χ3v) is 7.11. The molecule has 7 nitrogen and oxygen atoms in total. The maximum Gasteiger partial charge on any atom is 0.294 e. The number of rotatable bonds is 4. The van der Waals surface area contributed by atoms with Crippen LogP contribution < -0.4 is 4.90 Å². The molecule has 0 N–H and O–H groups in total. The van der Waals surface area contributed by atoms with Crippen LogP contribution in [0.5, 0.6) is 0 Å². The van der Waals surface area contributed by atoms with E-state index in [0.717, 1.165) is 0 Å². The lowest BCUT2D eigenvalue weighted by molar-refractivity contribution is -0.384. The summed E-state index contributed by atoms with van der Waals surface area (Å²) in [5.74, 6) is 0. The fraction of sp³-hybridized carbons (Fsp3) is 0.250. The van der Waals surface area contributed by atoms with Gasteiger partial charge >= 0.3 is 0 Å². The van der Waals surface area contributed by atoms with Gasteiger partial charge in [0.15, 0.2) is 0 Å². The average molecular weight is 451 g/mol. The molecule has 11 heteroatoms. The van der Waals surface area contributed by atoms with Crippen molar-refractivity contribution in [3.63, 3.8) is 0 Å². The first-order chi connectivity index (χ1) is 12.7. The van der Waals surface area contributed by atoms with Crippen molar-refractivity contribution in [2.75, 3.05) is 31.1 Å². The molecule has 1 aliphatic heterocycles. The molecule has 1 aliphatic rings. The minimum atomic E-state index is -3.73. The van der Waals surface area contributed by atoms with Crippen LogP contribution in [-0.2, 0) is 10.0 Å². The maximum absolute atomic E-state index is 12.8. The van der Waals surface area contributed by atoms with Crippen molar-refractivity contribution in [1.82, 2.24) is 4.31 Å². The molecule has 1 heterocycles. The SMILES string of the molecule is O=[N+]([O-])c1cc(Cl)ccc1N1CCN(S(=O)(=O)c2ccc(Cl)c(Cl)c2)CC1. The lowest BCUT2D eigenvalue weighted by Gasteiger charge is -2.35. The van der Waals surface area contributed by atoms with Crippen molar-refractivity contribution >= 4 is 56.2 Å². The summed E-state index contributed by atoms with van der Waals surface area (Å²) in [6.07, 6.45) is 0. The second-order valence-electron chi connectivity index (χ2n) is 5.86. The number of halogens is 3. The van der Waals surface area contributed by atoms with Crippen LogP contribution in [0.3, 0.4) is 0 Å². The predicted molar refractivity (Wildman–Crippen MR) is 106 cm³/mol. The number of sulfonamides is 1. The van der Waals surface area contributed by atoms with E-state index in [4.69, 9.17) is 34.8 Å². The van der Waals surface area contributed by atoms with Gasteiger partial charge in [0, 0.05) is 37.3 Å². The summed E-state index contributed by atoms with van der Waals surface area (Å²) in [6.45, 7) is 0.983. The van der Waals surface area contributed by atoms with E-state index in [1.807, 2.05) is 0 Å². The highest BCUT2D eigenvalue weighted by Crippen LogP contribution is 2.32. The number of hydrogen-bond acceptors (Lipinski definition) is 5. The Morgan fingerprint density at radius 2 is 1.59 bits per heavy atom. The Labute approximate surface area is 171 Å². The molecule has 0 unspecified atom stereocenters. The molecule has 0 amide bonds. The number of anilines is 1. The molecular formula is C16H14Cl3N3O4S. The standard InChI is InChI=1S/C16H14Cl3N3O4S/c17-11-1-4-15(16(9-11)22(23)24)20-5-7-21(8-6-20)27(25,26)12-2-3-13(18)14(19)10-12/h1-4,9-10H,5-8H2. The molecular weight excluding hydrogens is 437 g/mol. The van der Waals surface area contributed by atoms with Crippen LogP contribution >= 0.6 is 34.8 Å². The normalized spacial score (nSPS) is 15.7. The van der Waals surface area contributed by atoms with Crippen molar-refractivity contribution in [3.05, 3.63) is 61.6 Å². The number of nitro groups is 1. The van der Waals surface area contributed by atoms with Gasteiger partial charge in [-0.25, -0.2) is 8.42 Å². The highest BCUT2D eigenvalue weighted by Gasteiger charge is 2.31. The van der Waals surface area contributed by atoms with Gasteiger partial charge in [-0.05, 0) is 30.3 Å². The third kappa shape index (κ3) is 4.14. The van der Waals surface area contributed by atoms with Gasteiger partial charge in [-0.1, -0.05) is 34.8 Å². The van der Waals surface area contributed by atoms with Crippen molar-refractivity contribution in [3.8, 4) is 0 Å². The van der Waals surface area contributed by atoms with Crippen molar-refractivity contribution in [1.29, 1.82) is 0 Å². The van der Waals surface area contributed by atoms with Gasteiger partial charge < -0.3 is 4.90 Å². The predicted octanol–water partition coefficient (Wildman–Crippen LogP) is 4.07. The van der Waals surface area contributed by atoms with Crippen LogP contribution in [0.25, 0.3) is 0 Å². The number of nitro benzene ring substituents is 1. The Morgan fingerprint density at radius 3 is 2.19 bits per heavy atom. The monoisotopic (exact) mass is 449 g/mol. The minimum Gasteiger partial charge on any atom is -0.363 e. The highest BCUT2D eigenvalue weighted by atomic mass is 35.5. The van der Waals surface area contributed by atoms with Crippen LogP contribution in [0, 0.1) is 10.1 Å². The van der Waals surface area contributed by atoms with E-state index in [1.54, 1.807) is 17.0 Å². The minimum absolute atomic E-state index is 0.0582. The molecule has 0 aliphatic carbocycles. The summed E-state index contributed by atoms with van der Waals surface area (Å²) in [5.41, 5.74) is 0.305. The topological polar surface area (TPSA) is 83.8 Å². The molecule has 0 saturated carbocycles. The van der Waals surface area contributed by atoms with Crippen molar-refractivity contribution < 1.29 is 13.3 Å². The van der Waals surface area contributed by atoms with E-state index in [1.165, 1.54) is 28.6 Å². The highest BCUT2D eigenvalue weighted by molar-refractivity contribution is 7.89. The van der Waals surface area contributed by atoms with Crippen LogP contribution in [0.1, 0.15) is 0 Å². The average Bonchev–Trinajstić information content (AvgIpc) is 2.64. The smallest absolute Gasteiger partial charge is 0.294 e. The summed E-state index contributed by atoms with van der Waals surface area (Å²) in [6, 6.07) is 8.59. The molecule has 0 spiro atoms. The number of hydrogen-bond donors (Lipinski definition) is 0. The first-order valence-electron chi connectivity index (χ1n) is 7.84. The zero-order chi connectivity index (χ0) is 19.8. The van der Waals surface area contributed by atoms with Crippen molar-refractivity contribution in [2.24, 2.45) is 0 Å². The Morgan fingerprint density at radius 1 is 0.926 bits per heavy atom. The largest absolute Gasteiger partial charge is 0.363 e. The summed E-state index contributed by atoms with van der Waals surface area (Å²) < 4.78 is 26.9. The molecule has 0 radical (unpaired) electrons. The number of nitrogens with zero attached hydrogens (tertiary/aromatic N) is 3. The second kappa shape index (κ2) is 7.81. The van der Waals surface area contributed by atoms with Gasteiger partial charge in [-0.15, -0.1) is 0 Å². The lowest BCUT2D eigenvalue weighted by Crippen LogP contribution is -2.48. The van der Waals surface area contributed by atoms with E-state index >= 15 is 0 Å². The maximum atomic E-state index is 12.8. The molecule has 3 rings (SSSR count). The number of benzene rings is 2. The van der Waals surface area contributed by atoms with E-state index < -0.39 is 14.9 Å². The molecule has 0 atom stereocenters. The van der Waals surface area contributed by atoms with Crippen LogP contribution in [0.4, 0.5) is 11.4 Å². The fourth-order valence-corrected chi connectivity index (χ4v) is 4.84. The van der Waals surface area contributed by atoms with Gasteiger partial charge in [-0.2, -0.15) is 4.31 Å². The zero-order valence-corrected chi connectivity index (χ0v) is 16.9. The summed E-state index contributed by atoms with van der Waals surface area (Å²) in [7, 11) is -3.73. The first kappa shape index (κ1) is 20.2. The first-order valence-corrected chi connectivity index (χ1v) is 10.4. The van der Waals surface area contributed by atoms with E-state index in [9.17, 15) is 18.5 Å². The Balaban J connectivity index is 1.79. The van der Waals surface area contributed by atoms with E-state index in [0.29, 0.717) is 18.8 Å². The van der Waals surface area contributed by atoms with E-state index in [2.05, 4.69) is 0 Å². The fourth-order valence-electron chi connectivity index (χ4n) is 2.87. The van der Waals surface area contributed by atoms with Crippen LogP contribution in [-0.4, -0.2) is 43.8 Å². The quantitative estimate of drug-likeness (QED) is 0.518. The summed E-state index contributed by atoms with van der Waals surface area (Å²) >= 11 is 17.6. The molecule has 2 aromatic carbocycles. The van der Waals surface area contributed by atoms with Crippen LogP contribution in [0.15, 0.2) is 41.3 Å². The van der Waals surface area contributed by atoms with Gasteiger partial charge in [0.2, 0.25) is 10.0 Å². The molecule has 0 aromatic heterocycles. The summed E-state index contributed by atoms with van der Waals surface area (Å²) in [4.78, 5) is 12.6. The Kier molecular flexibility index (Phi) is 5.83. The molecule has 1 fully saturated rings. The summed E-state index contributed by atoms with van der Waals surface area (Å²) in [5, 5.41) is 12.0. The van der Waals surface area contributed by atoms with E-state index in [-0.39, 0.29) is 38.7 Å². The molecule has 2 aromatic rings. The third-order valence-electron chi connectivity index (χ3n) is 4.24. The van der Waals surface area contributed by atoms with Gasteiger partial charge in [-0.3, -0.25) is 10.1 Å². The van der Waals surface area contributed by atoms with Gasteiger partial charge in [0.05, 0.1) is 19.9 Å². The van der Waals surface area contributed by atoms with Gasteiger partial charge in [0.25, 0.3) is 5.69 Å². The molecule has 27 heavy (non-hydrogen) atoms. The zero-order valence-electron chi connectivity index (χ0n) is 13.8. The van der Waals surface area contributed by atoms with Gasteiger partial charge in [0.1, 0.15) is 5.69 Å². The Hall–Kier alpha value is -1.58. The van der Waals surface area contributed by atoms with Crippen LogP contribution in [0.2, 0.25) is 15.1 Å².